The van der Waals surface area contributed by atoms with Gasteiger partial charge in [0.15, 0.2) is 0 Å². The molecule has 0 saturated carbocycles. The van der Waals surface area contributed by atoms with E-state index in [1.54, 1.807) is 18.6 Å². The maximum atomic E-state index is 6.39. The number of benzene rings is 1. The lowest BCUT2D eigenvalue weighted by Gasteiger charge is -2.19. The molecule has 18 heavy (non-hydrogen) atoms. The normalized spacial score (nSPS) is 12.4. The van der Waals surface area contributed by atoms with E-state index >= 15 is 0 Å². The van der Waals surface area contributed by atoms with E-state index in [-0.39, 0.29) is 6.04 Å². The molecule has 3 nitrogen and oxygen atoms in total. The highest BCUT2D eigenvalue weighted by molar-refractivity contribution is 6.32. The molecule has 0 fully saturated rings. The van der Waals surface area contributed by atoms with Crippen LogP contribution in [0.5, 0.6) is 0 Å². The Balaban J connectivity index is 2.45. The zero-order chi connectivity index (χ0) is 13.0. The zero-order valence-corrected chi connectivity index (χ0v) is 11.3. The van der Waals surface area contributed by atoms with Crippen LogP contribution < -0.4 is 5.32 Å². The van der Waals surface area contributed by atoms with Crippen LogP contribution in [0.4, 0.5) is 0 Å². The molecule has 2 rings (SSSR count). The summed E-state index contributed by atoms with van der Waals surface area (Å²) in [6, 6.07) is 6.02. The van der Waals surface area contributed by atoms with Crippen molar-refractivity contribution in [2.24, 2.45) is 0 Å². The van der Waals surface area contributed by atoms with Crippen LogP contribution >= 0.6 is 11.6 Å². The highest BCUT2D eigenvalue weighted by atomic mass is 35.5. The third kappa shape index (κ3) is 2.68. The van der Waals surface area contributed by atoms with Gasteiger partial charge in [-0.1, -0.05) is 36.7 Å². The first kappa shape index (κ1) is 13.0. The van der Waals surface area contributed by atoms with E-state index in [2.05, 4.69) is 22.2 Å². The van der Waals surface area contributed by atoms with Gasteiger partial charge in [-0.15, -0.1) is 0 Å². The van der Waals surface area contributed by atoms with Crippen molar-refractivity contribution >= 4 is 11.6 Å². The zero-order valence-electron chi connectivity index (χ0n) is 10.5. The van der Waals surface area contributed by atoms with Crippen LogP contribution in [-0.2, 0) is 0 Å². The Morgan fingerprint density at radius 2 is 2.17 bits per heavy atom. The molecule has 0 aliphatic carbocycles. The van der Waals surface area contributed by atoms with Crippen LogP contribution in [0.25, 0.3) is 0 Å². The molecule has 0 spiro atoms. The first-order valence-electron chi connectivity index (χ1n) is 5.98. The molecule has 1 aromatic heterocycles. The van der Waals surface area contributed by atoms with Crippen molar-refractivity contribution in [2.45, 2.75) is 19.9 Å². The Bertz CT molecular complexity index is 514. The fourth-order valence-electron chi connectivity index (χ4n) is 1.93. The summed E-state index contributed by atoms with van der Waals surface area (Å²) in [5.74, 6) is 0. The number of rotatable bonds is 4. The Morgan fingerprint density at radius 3 is 2.83 bits per heavy atom. The fraction of sp³-hybridized carbons (Fsp3) is 0.286. The lowest BCUT2D eigenvalue weighted by atomic mass is 10.0. The van der Waals surface area contributed by atoms with E-state index in [1.165, 1.54) is 0 Å². The molecule has 0 aliphatic rings. The molecule has 0 amide bonds. The molecule has 1 aromatic carbocycles. The van der Waals surface area contributed by atoms with E-state index in [0.29, 0.717) is 0 Å². The van der Waals surface area contributed by atoms with Crippen LogP contribution in [0.15, 0.2) is 36.8 Å². The SMILES string of the molecule is CCNC(c1cnccn1)c1cccc(C)c1Cl. The van der Waals surface area contributed by atoms with E-state index in [4.69, 9.17) is 11.6 Å². The number of aromatic nitrogens is 2. The summed E-state index contributed by atoms with van der Waals surface area (Å²) in [4.78, 5) is 8.48. The molecule has 2 aromatic rings. The first-order chi connectivity index (χ1) is 8.74. The van der Waals surface area contributed by atoms with E-state index in [9.17, 15) is 0 Å². The maximum absolute atomic E-state index is 6.39. The lowest BCUT2D eigenvalue weighted by Crippen LogP contribution is -2.23. The number of hydrogen-bond acceptors (Lipinski definition) is 3. The summed E-state index contributed by atoms with van der Waals surface area (Å²) in [5, 5.41) is 4.18. The van der Waals surface area contributed by atoms with Crippen molar-refractivity contribution in [3.05, 3.63) is 58.6 Å². The molecule has 0 aliphatic heterocycles. The van der Waals surface area contributed by atoms with Crippen molar-refractivity contribution in [1.82, 2.24) is 15.3 Å². The Labute approximate surface area is 112 Å². The topological polar surface area (TPSA) is 37.8 Å². The molecule has 4 heteroatoms. The predicted octanol–water partition coefficient (Wildman–Crippen LogP) is 3.14. The number of nitrogens with zero attached hydrogens (tertiary/aromatic N) is 2. The molecular weight excluding hydrogens is 246 g/mol. The fourth-order valence-corrected chi connectivity index (χ4v) is 2.17. The van der Waals surface area contributed by atoms with Gasteiger partial charge in [0.05, 0.1) is 17.9 Å². The van der Waals surface area contributed by atoms with E-state index < -0.39 is 0 Å². The molecular formula is C14H16ClN3. The Kier molecular flexibility index (Phi) is 4.28. The first-order valence-corrected chi connectivity index (χ1v) is 6.36. The molecule has 1 atom stereocenters. The number of halogens is 1. The second kappa shape index (κ2) is 5.94. The van der Waals surface area contributed by atoms with Gasteiger partial charge in [0.1, 0.15) is 0 Å². The molecule has 94 valence electrons. The van der Waals surface area contributed by atoms with Gasteiger partial charge >= 0.3 is 0 Å². The minimum Gasteiger partial charge on any atom is -0.305 e. The quantitative estimate of drug-likeness (QED) is 0.919. The smallest absolute Gasteiger partial charge is 0.0802 e. The third-order valence-electron chi connectivity index (χ3n) is 2.82. The summed E-state index contributed by atoms with van der Waals surface area (Å²) in [6.07, 6.45) is 5.14. The third-order valence-corrected chi connectivity index (χ3v) is 3.34. The molecule has 0 saturated heterocycles. The summed E-state index contributed by atoms with van der Waals surface area (Å²) >= 11 is 6.39. The second-order valence-electron chi connectivity index (χ2n) is 4.10. The monoisotopic (exact) mass is 261 g/mol. The van der Waals surface area contributed by atoms with Crippen LogP contribution in [-0.4, -0.2) is 16.5 Å². The maximum Gasteiger partial charge on any atom is 0.0802 e. The predicted molar refractivity (Wildman–Crippen MR) is 73.7 cm³/mol. The number of hydrogen-bond donors (Lipinski definition) is 1. The minimum atomic E-state index is -0.0175. The molecule has 0 bridgehead atoms. The summed E-state index contributed by atoms with van der Waals surface area (Å²) in [5.41, 5.74) is 2.99. The molecule has 1 N–H and O–H groups in total. The summed E-state index contributed by atoms with van der Waals surface area (Å²) in [6.45, 7) is 4.91. The highest BCUT2D eigenvalue weighted by Gasteiger charge is 2.18. The van der Waals surface area contributed by atoms with Crippen LogP contribution in [0, 0.1) is 6.92 Å². The Morgan fingerprint density at radius 1 is 1.33 bits per heavy atom. The van der Waals surface area contributed by atoms with Gasteiger partial charge in [-0.25, -0.2) is 0 Å². The van der Waals surface area contributed by atoms with Gasteiger partial charge in [0.25, 0.3) is 0 Å². The Hall–Kier alpha value is -1.45. The van der Waals surface area contributed by atoms with Crippen LogP contribution in [0.3, 0.4) is 0 Å². The van der Waals surface area contributed by atoms with Gasteiger partial charge in [0, 0.05) is 17.4 Å². The van der Waals surface area contributed by atoms with Crippen molar-refractivity contribution in [1.29, 1.82) is 0 Å². The average Bonchev–Trinajstić information content (AvgIpc) is 2.41. The van der Waals surface area contributed by atoms with E-state index in [0.717, 1.165) is 28.4 Å². The lowest BCUT2D eigenvalue weighted by molar-refractivity contribution is 0.612. The largest absolute Gasteiger partial charge is 0.305 e. The summed E-state index contributed by atoms with van der Waals surface area (Å²) < 4.78 is 0. The van der Waals surface area contributed by atoms with Crippen LogP contribution in [0.1, 0.15) is 29.8 Å². The minimum absolute atomic E-state index is 0.0175. The molecule has 1 heterocycles. The standard InChI is InChI=1S/C14H16ClN3/c1-3-17-14(12-9-16-7-8-18-12)11-6-4-5-10(2)13(11)15/h4-9,14,17H,3H2,1-2H3. The summed E-state index contributed by atoms with van der Waals surface area (Å²) in [7, 11) is 0. The second-order valence-corrected chi connectivity index (χ2v) is 4.48. The van der Waals surface area contributed by atoms with Crippen molar-refractivity contribution in [3.63, 3.8) is 0 Å². The number of nitrogens with one attached hydrogen (secondary N) is 1. The van der Waals surface area contributed by atoms with E-state index in [1.807, 2.05) is 25.1 Å². The van der Waals surface area contributed by atoms with Crippen LogP contribution in [0.2, 0.25) is 5.02 Å². The van der Waals surface area contributed by atoms with Crippen molar-refractivity contribution in [2.75, 3.05) is 6.54 Å². The highest BCUT2D eigenvalue weighted by Crippen LogP contribution is 2.29. The van der Waals surface area contributed by atoms with Gasteiger partial charge in [0.2, 0.25) is 0 Å². The number of aryl methyl sites for hydroxylation is 1. The van der Waals surface area contributed by atoms with Gasteiger partial charge in [-0.2, -0.15) is 0 Å². The van der Waals surface area contributed by atoms with Crippen molar-refractivity contribution in [3.8, 4) is 0 Å². The molecule has 0 radical (unpaired) electrons. The van der Waals surface area contributed by atoms with Gasteiger partial charge < -0.3 is 5.32 Å². The average molecular weight is 262 g/mol. The van der Waals surface area contributed by atoms with Crippen molar-refractivity contribution < 1.29 is 0 Å². The molecule has 1 unspecified atom stereocenters. The van der Waals surface area contributed by atoms with Gasteiger partial charge in [-0.3, -0.25) is 9.97 Å². The van der Waals surface area contributed by atoms with Gasteiger partial charge in [-0.05, 0) is 24.6 Å².